The van der Waals surface area contributed by atoms with Gasteiger partial charge in [0.15, 0.2) is 0 Å². The number of carbonyl (C=O) groups is 1. The molecular weight excluding hydrogens is 190 g/mol. The fraction of sp³-hybridized carbons (Fsp3) is 0.917. The fourth-order valence-electron chi connectivity index (χ4n) is 2.00. The van der Waals surface area contributed by atoms with E-state index < -0.39 is 0 Å². The van der Waals surface area contributed by atoms with Crippen LogP contribution in [0.4, 0.5) is 0 Å². The summed E-state index contributed by atoms with van der Waals surface area (Å²) >= 11 is 0. The van der Waals surface area contributed by atoms with Gasteiger partial charge in [-0.2, -0.15) is 0 Å². The topological polar surface area (TPSA) is 38.3 Å². The maximum Gasteiger partial charge on any atom is 0.306 e. The van der Waals surface area contributed by atoms with E-state index in [4.69, 9.17) is 4.74 Å². The van der Waals surface area contributed by atoms with E-state index in [1.807, 2.05) is 7.05 Å². The Balaban J connectivity index is 2.09. The van der Waals surface area contributed by atoms with Crippen molar-refractivity contribution in [1.82, 2.24) is 5.32 Å². The minimum absolute atomic E-state index is 0.0233. The molecule has 1 aliphatic carbocycles. The second-order valence-electron chi connectivity index (χ2n) is 4.58. The van der Waals surface area contributed by atoms with Gasteiger partial charge in [0.2, 0.25) is 0 Å². The largest absolute Gasteiger partial charge is 0.462 e. The molecule has 0 radical (unpaired) electrons. The molecule has 0 aliphatic heterocycles. The number of nitrogens with one attached hydrogen (secondary N) is 1. The van der Waals surface area contributed by atoms with Crippen molar-refractivity contribution in [3.05, 3.63) is 0 Å². The second-order valence-corrected chi connectivity index (χ2v) is 4.58. The van der Waals surface area contributed by atoms with Crippen molar-refractivity contribution in [2.45, 2.75) is 51.6 Å². The monoisotopic (exact) mass is 213 g/mol. The average molecular weight is 213 g/mol. The summed E-state index contributed by atoms with van der Waals surface area (Å²) < 4.78 is 5.42. The van der Waals surface area contributed by atoms with Gasteiger partial charge in [-0.1, -0.05) is 6.92 Å². The van der Waals surface area contributed by atoms with E-state index >= 15 is 0 Å². The van der Waals surface area contributed by atoms with Gasteiger partial charge in [-0.25, -0.2) is 0 Å². The van der Waals surface area contributed by atoms with Gasteiger partial charge in [0.25, 0.3) is 0 Å². The lowest BCUT2D eigenvalue weighted by atomic mass is 9.89. The van der Waals surface area contributed by atoms with E-state index in [9.17, 15) is 4.79 Å². The molecule has 0 aromatic rings. The first-order valence-corrected chi connectivity index (χ1v) is 6.06. The van der Waals surface area contributed by atoms with E-state index in [2.05, 4.69) is 12.2 Å². The smallest absolute Gasteiger partial charge is 0.306 e. The van der Waals surface area contributed by atoms with Gasteiger partial charge in [0, 0.05) is 6.42 Å². The zero-order valence-electron chi connectivity index (χ0n) is 9.92. The zero-order chi connectivity index (χ0) is 11.1. The van der Waals surface area contributed by atoms with Gasteiger partial charge in [-0.3, -0.25) is 4.79 Å². The van der Waals surface area contributed by atoms with E-state index in [0.717, 1.165) is 31.7 Å². The molecule has 0 bridgehead atoms. The molecule has 0 aromatic heterocycles. The Morgan fingerprint density at radius 2 is 2.00 bits per heavy atom. The predicted molar refractivity (Wildman–Crippen MR) is 60.7 cm³/mol. The molecule has 0 heterocycles. The van der Waals surface area contributed by atoms with Crippen LogP contribution in [-0.4, -0.2) is 25.7 Å². The van der Waals surface area contributed by atoms with Crippen molar-refractivity contribution >= 4 is 5.97 Å². The standard InChI is InChI=1S/C12H23NO2/c1-10-5-7-11(8-6-10)15-12(14)4-3-9-13-2/h10-11,13H,3-9H2,1-2H3. The predicted octanol–water partition coefficient (Wildman–Crippen LogP) is 2.11. The summed E-state index contributed by atoms with van der Waals surface area (Å²) in [6.07, 6.45) is 6.13. The molecule has 0 saturated heterocycles. The maximum absolute atomic E-state index is 11.4. The van der Waals surface area contributed by atoms with Crippen LogP contribution in [0.15, 0.2) is 0 Å². The number of hydrogen-bond acceptors (Lipinski definition) is 3. The Morgan fingerprint density at radius 3 is 2.60 bits per heavy atom. The number of ether oxygens (including phenoxy) is 1. The van der Waals surface area contributed by atoms with Crippen molar-refractivity contribution < 1.29 is 9.53 Å². The van der Waals surface area contributed by atoms with Crippen LogP contribution in [0.3, 0.4) is 0 Å². The lowest BCUT2D eigenvalue weighted by molar-refractivity contribution is -0.151. The highest BCUT2D eigenvalue weighted by atomic mass is 16.5. The minimum Gasteiger partial charge on any atom is -0.462 e. The third kappa shape index (κ3) is 5.17. The number of esters is 1. The number of rotatable bonds is 5. The highest BCUT2D eigenvalue weighted by Gasteiger charge is 2.20. The summed E-state index contributed by atoms with van der Waals surface area (Å²) in [6.45, 7) is 3.15. The Morgan fingerprint density at radius 1 is 1.33 bits per heavy atom. The van der Waals surface area contributed by atoms with E-state index in [-0.39, 0.29) is 12.1 Å². The van der Waals surface area contributed by atoms with Gasteiger partial charge < -0.3 is 10.1 Å². The van der Waals surface area contributed by atoms with Crippen molar-refractivity contribution in [3.63, 3.8) is 0 Å². The van der Waals surface area contributed by atoms with Crippen LogP contribution >= 0.6 is 0 Å². The van der Waals surface area contributed by atoms with Crippen molar-refractivity contribution in [1.29, 1.82) is 0 Å². The number of hydrogen-bond donors (Lipinski definition) is 1. The van der Waals surface area contributed by atoms with Gasteiger partial charge >= 0.3 is 5.97 Å². The van der Waals surface area contributed by atoms with Crippen LogP contribution < -0.4 is 5.32 Å². The van der Waals surface area contributed by atoms with E-state index in [0.29, 0.717) is 6.42 Å². The molecule has 88 valence electrons. The Hall–Kier alpha value is -0.570. The SMILES string of the molecule is CNCCCC(=O)OC1CCC(C)CC1. The molecule has 1 rings (SSSR count). The van der Waals surface area contributed by atoms with Crippen LogP contribution in [0.5, 0.6) is 0 Å². The molecule has 1 saturated carbocycles. The summed E-state index contributed by atoms with van der Waals surface area (Å²) in [5.41, 5.74) is 0. The molecule has 3 heteroatoms. The molecule has 1 aliphatic rings. The van der Waals surface area contributed by atoms with Crippen LogP contribution in [-0.2, 0) is 9.53 Å². The molecule has 3 nitrogen and oxygen atoms in total. The quantitative estimate of drug-likeness (QED) is 0.561. The Labute approximate surface area is 92.6 Å². The molecule has 1 fully saturated rings. The van der Waals surface area contributed by atoms with E-state index in [1.54, 1.807) is 0 Å². The molecule has 1 N–H and O–H groups in total. The second kappa shape index (κ2) is 6.83. The van der Waals surface area contributed by atoms with Gasteiger partial charge in [0.05, 0.1) is 0 Å². The summed E-state index contributed by atoms with van der Waals surface area (Å²) in [4.78, 5) is 11.4. The number of carbonyl (C=O) groups excluding carboxylic acids is 1. The fourth-order valence-corrected chi connectivity index (χ4v) is 2.00. The molecule has 0 amide bonds. The van der Waals surface area contributed by atoms with Crippen LogP contribution in [0, 0.1) is 5.92 Å². The Kier molecular flexibility index (Phi) is 5.69. The highest BCUT2D eigenvalue weighted by Crippen LogP contribution is 2.25. The lowest BCUT2D eigenvalue weighted by Gasteiger charge is -2.25. The van der Waals surface area contributed by atoms with Crippen LogP contribution in [0.1, 0.15) is 45.4 Å². The average Bonchev–Trinajstić information content (AvgIpc) is 2.22. The van der Waals surface area contributed by atoms with Crippen LogP contribution in [0.25, 0.3) is 0 Å². The first kappa shape index (κ1) is 12.5. The molecule has 15 heavy (non-hydrogen) atoms. The van der Waals surface area contributed by atoms with Crippen molar-refractivity contribution in [3.8, 4) is 0 Å². The maximum atomic E-state index is 11.4. The summed E-state index contributed by atoms with van der Waals surface area (Å²) in [5.74, 6) is 0.786. The first-order valence-electron chi connectivity index (χ1n) is 6.06. The normalized spacial score (nSPS) is 26.3. The molecule has 0 aromatic carbocycles. The zero-order valence-corrected chi connectivity index (χ0v) is 9.92. The summed E-state index contributed by atoms with van der Waals surface area (Å²) in [5, 5.41) is 3.02. The van der Waals surface area contributed by atoms with Crippen molar-refractivity contribution in [2.24, 2.45) is 5.92 Å². The Bertz CT molecular complexity index is 186. The van der Waals surface area contributed by atoms with Gasteiger partial charge in [-0.05, 0) is 51.6 Å². The highest BCUT2D eigenvalue weighted by molar-refractivity contribution is 5.69. The van der Waals surface area contributed by atoms with Crippen LogP contribution in [0.2, 0.25) is 0 Å². The molecule has 0 spiro atoms. The summed E-state index contributed by atoms with van der Waals surface area (Å²) in [7, 11) is 1.90. The van der Waals surface area contributed by atoms with Gasteiger partial charge in [0.1, 0.15) is 6.10 Å². The molecular formula is C12H23NO2. The lowest BCUT2D eigenvalue weighted by Crippen LogP contribution is -2.24. The third-order valence-electron chi connectivity index (χ3n) is 3.07. The van der Waals surface area contributed by atoms with Gasteiger partial charge in [-0.15, -0.1) is 0 Å². The van der Waals surface area contributed by atoms with Crippen molar-refractivity contribution in [2.75, 3.05) is 13.6 Å². The molecule has 0 atom stereocenters. The minimum atomic E-state index is -0.0233. The van der Waals surface area contributed by atoms with E-state index in [1.165, 1.54) is 12.8 Å². The third-order valence-corrected chi connectivity index (χ3v) is 3.07. The first-order chi connectivity index (χ1) is 7.22. The molecule has 0 unspecified atom stereocenters. The summed E-state index contributed by atoms with van der Waals surface area (Å²) in [6, 6.07) is 0.